The maximum Gasteiger partial charge on any atom is 0.143 e. The topological polar surface area (TPSA) is 29.5 Å². The zero-order valence-electron chi connectivity index (χ0n) is 11.9. The summed E-state index contributed by atoms with van der Waals surface area (Å²) in [6, 6.07) is 6.78. The van der Waals surface area contributed by atoms with E-state index >= 15 is 0 Å². The van der Waals surface area contributed by atoms with Gasteiger partial charge >= 0.3 is 0 Å². The van der Waals surface area contributed by atoms with Gasteiger partial charge in [0.1, 0.15) is 17.7 Å². The number of aliphatic hydroxyl groups is 1. The molecule has 2 rings (SSSR count). The molecule has 0 aliphatic carbocycles. The van der Waals surface area contributed by atoms with Gasteiger partial charge in [0.15, 0.2) is 0 Å². The Hall–Kier alpha value is -0.910. The van der Waals surface area contributed by atoms with Gasteiger partial charge in [-0.15, -0.1) is 0 Å². The van der Waals surface area contributed by atoms with Crippen molar-refractivity contribution in [3.8, 4) is 5.75 Å². The van der Waals surface area contributed by atoms with Crippen LogP contribution in [-0.4, -0.2) is 12.2 Å². The number of halogens is 3. The van der Waals surface area contributed by atoms with E-state index in [1.807, 2.05) is 19.9 Å². The first kappa shape index (κ1) is 16.5. The Bertz CT molecular complexity index is 686. The molecule has 0 aliphatic heterocycles. The van der Waals surface area contributed by atoms with Crippen LogP contribution in [0.3, 0.4) is 0 Å². The number of ether oxygens (including phenoxy) is 1. The van der Waals surface area contributed by atoms with Crippen LogP contribution in [0.1, 0.15) is 28.4 Å². The van der Waals surface area contributed by atoms with Crippen LogP contribution in [0, 0.1) is 19.7 Å². The number of hydrogen-bond acceptors (Lipinski definition) is 2. The molecule has 112 valence electrons. The zero-order valence-corrected chi connectivity index (χ0v) is 15.0. The van der Waals surface area contributed by atoms with E-state index in [2.05, 4.69) is 31.9 Å². The zero-order chi connectivity index (χ0) is 15.7. The van der Waals surface area contributed by atoms with Gasteiger partial charge in [-0.2, -0.15) is 0 Å². The lowest BCUT2D eigenvalue weighted by Crippen LogP contribution is -2.08. The molecule has 0 bridgehead atoms. The molecule has 0 amide bonds. The molecule has 0 fully saturated rings. The Morgan fingerprint density at radius 2 is 1.86 bits per heavy atom. The molecule has 5 heteroatoms. The van der Waals surface area contributed by atoms with Crippen LogP contribution in [0.5, 0.6) is 5.75 Å². The Morgan fingerprint density at radius 3 is 2.48 bits per heavy atom. The van der Waals surface area contributed by atoms with Crippen LogP contribution in [0.4, 0.5) is 4.39 Å². The van der Waals surface area contributed by atoms with Gasteiger partial charge in [-0.05, 0) is 53.0 Å². The van der Waals surface area contributed by atoms with Gasteiger partial charge in [0, 0.05) is 15.6 Å². The van der Waals surface area contributed by atoms with Crippen molar-refractivity contribution < 1.29 is 14.2 Å². The Kier molecular flexibility index (Phi) is 5.07. The van der Waals surface area contributed by atoms with E-state index in [1.54, 1.807) is 25.3 Å². The minimum absolute atomic E-state index is 0.211. The summed E-state index contributed by atoms with van der Waals surface area (Å²) in [4.78, 5) is 0. The number of methoxy groups -OCH3 is 1. The number of benzene rings is 2. The second kappa shape index (κ2) is 6.46. The number of aliphatic hydroxyl groups excluding tert-OH is 1. The molecular weight excluding hydrogens is 403 g/mol. The van der Waals surface area contributed by atoms with Crippen molar-refractivity contribution in [2.24, 2.45) is 0 Å². The number of hydrogen-bond donors (Lipinski definition) is 1. The fourth-order valence-corrected chi connectivity index (χ4v) is 3.30. The van der Waals surface area contributed by atoms with Gasteiger partial charge < -0.3 is 9.84 Å². The lowest BCUT2D eigenvalue weighted by Gasteiger charge is -2.21. The third kappa shape index (κ3) is 3.00. The van der Waals surface area contributed by atoms with Crippen LogP contribution in [-0.2, 0) is 0 Å². The Morgan fingerprint density at radius 1 is 1.19 bits per heavy atom. The standard InChI is InChI=1S/C16H15Br2FO2/c1-8-7-12(18)9(2)13(16(8)21-3)15(20)10-5-4-6-11(17)14(10)19/h4-7,15,20H,1-3H3. The van der Waals surface area contributed by atoms with Crippen LogP contribution < -0.4 is 4.74 Å². The SMILES string of the molecule is COc1c(C)cc(Br)c(C)c1C(O)c1cccc(Br)c1F. The predicted molar refractivity (Wildman–Crippen MR) is 88.3 cm³/mol. The van der Waals surface area contributed by atoms with Gasteiger partial charge in [0.25, 0.3) is 0 Å². The highest BCUT2D eigenvalue weighted by atomic mass is 79.9. The van der Waals surface area contributed by atoms with Crippen molar-refractivity contribution >= 4 is 31.9 Å². The second-order valence-electron chi connectivity index (χ2n) is 4.79. The quantitative estimate of drug-likeness (QED) is 0.756. The first-order chi connectivity index (χ1) is 9.88. The largest absolute Gasteiger partial charge is 0.496 e. The van der Waals surface area contributed by atoms with Crippen molar-refractivity contribution in [2.75, 3.05) is 7.11 Å². The molecule has 0 aromatic heterocycles. The van der Waals surface area contributed by atoms with E-state index in [-0.39, 0.29) is 5.56 Å². The Labute approximate surface area is 140 Å². The first-order valence-corrected chi connectivity index (χ1v) is 7.92. The molecule has 21 heavy (non-hydrogen) atoms. The second-order valence-corrected chi connectivity index (χ2v) is 6.50. The molecule has 1 unspecified atom stereocenters. The van der Waals surface area contributed by atoms with Crippen LogP contribution >= 0.6 is 31.9 Å². The summed E-state index contributed by atoms with van der Waals surface area (Å²) in [7, 11) is 1.54. The van der Waals surface area contributed by atoms with Crippen LogP contribution in [0.15, 0.2) is 33.2 Å². The van der Waals surface area contributed by atoms with E-state index < -0.39 is 11.9 Å². The van der Waals surface area contributed by atoms with Gasteiger partial charge in [0.05, 0.1) is 11.6 Å². The average molecular weight is 418 g/mol. The highest BCUT2D eigenvalue weighted by Gasteiger charge is 2.24. The van der Waals surface area contributed by atoms with Gasteiger partial charge in [0.2, 0.25) is 0 Å². The molecule has 0 spiro atoms. The number of rotatable bonds is 3. The summed E-state index contributed by atoms with van der Waals surface area (Å²) in [5, 5.41) is 10.7. The van der Waals surface area contributed by atoms with E-state index in [9.17, 15) is 9.50 Å². The molecule has 1 atom stereocenters. The van der Waals surface area contributed by atoms with Gasteiger partial charge in [-0.3, -0.25) is 0 Å². The predicted octanol–water partition coefficient (Wildman–Crippen LogP) is 5.06. The molecule has 2 nitrogen and oxygen atoms in total. The fraction of sp³-hybridized carbons (Fsp3) is 0.250. The van der Waals surface area contributed by atoms with Crippen LogP contribution in [0.25, 0.3) is 0 Å². The van der Waals surface area contributed by atoms with Gasteiger partial charge in [-0.1, -0.05) is 28.1 Å². The minimum atomic E-state index is -1.10. The summed E-state index contributed by atoms with van der Waals surface area (Å²) < 4.78 is 20.8. The summed E-state index contributed by atoms with van der Waals surface area (Å²) >= 11 is 6.61. The van der Waals surface area contributed by atoms with Crippen molar-refractivity contribution in [1.29, 1.82) is 0 Å². The van der Waals surface area contributed by atoms with Crippen LogP contribution in [0.2, 0.25) is 0 Å². The van der Waals surface area contributed by atoms with E-state index in [0.717, 1.165) is 15.6 Å². The monoisotopic (exact) mass is 416 g/mol. The molecule has 0 saturated heterocycles. The number of aryl methyl sites for hydroxylation is 1. The van der Waals surface area contributed by atoms with E-state index in [1.165, 1.54) is 0 Å². The fourth-order valence-electron chi connectivity index (χ4n) is 2.36. The average Bonchev–Trinajstić information content (AvgIpc) is 2.44. The van der Waals surface area contributed by atoms with Crippen molar-refractivity contribution in [2.45, 2.75) is 20.0 Å². The summed E-state index contributed by atoms with van der Waals surface area (Å²) in [6.45, 7) is 3.75. The molecule has 0 saturated carbocycles. The lowest BCUT2D eigenvalue weighted by molar-refractivity contribution is 0.208. The highest BCUT2D eigenvalue weighted by Crippen LogP contribution is 2.40. The molecule has 2 aromatic carbocycles. The molecule has 1 N–H and O–H groups in total. The maximum absolute atomic E-state index is 14.2. The molecule has 0 heterocycles. The summed E-state index contributed by atoms with van der Waals surface area (Å²) in [6.07, 6.45) is -1.10. The third-order valence-corrected chi connectivity index (χ3v) is 4.90. The third-order valence-electron chi connectivity index (χ3n) is 3.46. The Balaban J connectivity index is 2.68. The molecule has 2 aromatic rings. The van der Waals surface area contributed by atoms with Gasteiger partial charge in [-0.25, -0.2) is 4.39 Å². The molecule has 0 radical (unpaired) electrons. The summed E-state index contributed by atoms with van der Waals surface area (Å²) in [5.74, 6) is 0.103. The minimum Gasteiger partial charge on any atom is -0.496 e. The molecular formula is C16H15Br2FO2. The van der Waals surface area contributed by atoms with Crippen molar-refractivity contribution in [1.82, 2.24) is 0 Å². The van der Waals surface area contributed by atoms with E-state index in [4.69, 9.17) is 4.74 Å². The lowest BCUT2D eigenvalue weighted by atomic mass is 9.94. The van der Waals surface area contributed by atoms with E-state index in [0.29, 0.717) is 15.8 Å². The highest BCUT2D eigenvalue weighted by molar-refractivity contribution is 9.10. The summed E-state index contributed by atoms with van der Waals surface area (Å²) in [5.41, 5.74) is 2.48. The van der Waals surface area contributed by atoms with Crippen molar-refractivity contribution in [3.63, 3.8) is 0 Å². The van der Waals surface area contributed by atoms with Crippen molar-refractivity contribution in [3.05, 3.63) is 61.3 Å². The first-order valence-electron chi connectivity index (χ1n) is 6.34. The smallest absolute Gasteiger partial charge is 0.143 e. The molecule has 0 aliphatic rings. The maximum atomic E-state index is 14.2. The normalized spacial score (nSPS) is 12.3.